The van der Waals surface area contributed by atoms with Gasteiger partial charge in [-0.3, -0.25) is 0 Å². The average molecular weight is 175 g/mol. The molecule has 0 unspecified atom stereocenters. The molecule has 0 bridgehead atoms. The molecule has 0 aliphatic rings. The molecule has 2 N–H and O–H groups in total. The zero-order valence-corrected chi connectivity index (χ0v) is 8.01. The molecule has 0 aliphatic carbocycles. The fourth-order valence-corrected chi connectivity index (χ4v) is 1.00. The van der Waals surface area contributed by atoms with Crippen LogP contribution in [0.1, 0.15) is 25.7 Å². The first kappa shape index (κ1) is 11.9. The van der Waals surface area contributed by atoms with E-state index in [1.54, 1.807) is 7.11 Å². The largest absolute Gasteiger partial charge is 0.396 e. The molecule has 74 valence electrons. The van der Waals surface area contributed by atoms with E-state index in [0.29, 0.717) is 0 Å². The second-order valence-electron chi connectivity index (χ2n) is 2.88. The van der Waals surface area contributed by atoms with Crippen LogP contribution in [0.25, 0.3) is 0 Å². The maximum absolute atomic E-state index is 8.48. The Hall–Kier alpha value is -0.120. The molecule has 0 aliphatic heterocycles. The lowest BCUT2D eigenvalue weighted by Gasteiger charge is -2.02. The van der Waals surface area contributed by atoms with Crippen LogP contribution >= 0.6 is 0 Å². The van der Waals surface area contributed by atoms with Gasteiger partial charge in [0.2, 0.25) is 0 Å². The average Bonchev–Trinajstić information content (AvgIpc) is 2.10. The smallest absolute Gasteiger partial charge is 0.0462 e. The van der Waals surface area contributed by atoms with E-state index in [-0.39, 0.29) is 6.61 Å². The summed E-state index contributed by atoms with van der Waals surface area (Å²) in [5.74, 6) is 0. The van der Waals surface area contributed by atoms with Gasteiger partial charge in [-0.2, -0.15) is 0 Å². The highest BCUT2D eigenvalue weighted by Gasteiger charge is 1.88. The molecule has 0 spiro atoms. The molecule has 0 aromatic heterocycles. The van der Waals surface area contributed by atoms with Crippen LogP contribution in [0.2, 0.25) is 0 Å². The highest BCUT2D eigenvalue weighted by atomic mass is 16.5. The second-order valence-corrected chi connectivity index (χ2v) is 2.88. The summed E-state index contributed by atoms with van der Waals surface area (Å²) in [6.07, 6.45) is 4.44. The van der Waals surface area contributed by atoms with E-state index in [0.717, 1.165) is 32.5 Å². The first-order chi connectivity index (χ1) is 5.91. The standard InChI is InChI=1S/C9H21NO2/c1-12-9-4-2-3-6-10-7-5-8-11/h10-11H,2-9H2,1H3. The summed E-state index contributed by atoms with van der Waals surface area (Å²) in [5, 5.41) is 11.7. The van der Waals surface area contributed by atoms with Crippen LogP contribution < -0.4 is 5.32 Å². The number of aliphatic hydroxyl groups excluding tert-OH is 1. The van der Waals surface area contributed by atoms with Gasteiger partial charge in [-0.25, -0.2) is 0 Å². The van der Waals surface area contributed by atoms with Gasteiger partial charge in [-0.1, -0.05) is 0 Å². The van der Waals surface area contributed by atoms with Gasteiger partial charge < -0.3 is 15.2 Å². The van der Waals surface area contributed by atoms with Crippen molar-refractivity contribution in [1.82, 2.24) is 5.32 Å². The molecular weight excluding hydrogens is 154 g/mol. The van der Waals surface area contributed by atoms with Crippen molar-refractivity contribution in [2.75, 3.05) is 33.4 Å². The van der Waals surface area contributed by atoms with Crippen LogP contribution in [0.4, 0.5) is 0 Å². The van der Waals surface area contributed by atoms with Gasteiger partial charge in [0.1, 0.15) is 0 Å². The maximum atomic E-state index is 8.48. The van der Waals surface area contributed by atoms with Crippen molar-refractivity contribution >= 4 is 0 Å². The Morgan fingerprint density at radius 3 is 2.50 bits per heavy atom. The molecule has 12 heavy (non-hydrogen) atoms. The van der Waals surface area contributed by atoms with Gasteiger partial charge in [0.15, 0.2) is 0 Å². The molecule has 0 saturated heterocycles. The fourth-order valence-electron chi connectivity index (χ4n) is 1.00. The normalized spacial score (nSPS) is 10.5. The van der Waals surface area contributed by atoms with Gasteiger partial charge in [0.25, 0.3) is 0 Å². The highest BCUT2D eigenvalue weighted by Crippen LogP contribution is 1.93. The Bertz CT molecular complexity index is 68.9. The summed E-state index contributed by atoms with van der Waals surface area (Å²) in [6, 6.07) is 0. The second kappa shape index (κ2) is 10.9. The first-order valence-corrected chi connectivity index (χ1v) is 4.72. The summed E-state index contributed by atoms with van der Waals surface area (Å²) in [4.78, 5) is 0. The predicted molar refractivity (Wildman–Crippen MR) is 50.3 cm³/mol. The highest BCUT2D eigenvalue weighted by molar-refractivity contribution is 4.48. The van der Waals surface area contributed by atoms with E-state index in [1.165, 1.54) is 12.8 Å². The zero-order chi connectivity index (χ0) is 9.07. The lowest BCUT2D eigenvalue weighted by atomic mass is 10.2. The molecule has 0 heterocycles. The first-order valence-electron chi connectivity index (χ1n) is 4.72. The van der Waals surface area contributed by atoms with Crippen molar-refractivity contribution in [2.45, 2.75) is 25.7 Å². The third-order valence-electron chi connectivity index (χ3n) is 1.71. The van der Waals surface area contributed by atoms with Crippen molar-refractivity contribution in [1.29, 1.82) is 0 Å². The third kappa shape index (κ3) is 9.88. The molecule has 0 amide bonds. The molecule has 0 rings (SSSR count). The van der Waals surface area contributed by atoms with Crippen LogP contribution in [-0.2, 0) is 4.74 Å². The van der Waals surface area contributed by atoms with E-state index < -0.39 is 0 Å². The van der Waals surface area contributed by atoms with Gasteiger partial charge in [-0.05, 0) is 38.8 Å². The molecule has 0 saturated carbocycles. The molecular formula is C9H21NO2. The minimum Gasteiger partial charge on any atom is -0.396 e. The van der Waals surface area contributed by atoms with Gasteiger partial charge >= 0.3 is 0 Å². The molecule has 0 aromatic rings. The van der Waals surface area contributed by atoms with Crippen molar-refractivity contribution in [2.24, 2.45) is 0 Å². The Kier molecular flexibility index (Phi) is 10.8. The Balaban J connectivity index is 2.73. The Labute approximate surface area is 75.1 Å². The van der Waals surface area contributed by atoms with Crippen molar-refractivity contribution in [3.63, 3.8) is 0 Å². The van der Waals surface area contributed by atoms with Crippen molar-refractivity contribution in [3.05, 3.63) is 0 Å². The van der Waals surface area contributed by atoms with Crippen molar-refractivity contribution < 1.29 is 9.84 Å². The molecule has 0 aromatic carbocycles. The van der Waals surface area contributed by atoms with Gasteiger partial charge in [-0.15, -0.1) is 0 Å². The van der Waals surface area contributed by atoms with Crippen LogP contribution in [-0.4, -0.2) is 38.5 Å². The minimum atomic E-state index is 0.288. The predicted octanol–water partition coefficient (Wildman–Crippen LogP) is 0.775. The van der Waals surface area contributed by atoms with E-state index in [4.69, 9.17) is 9.84 Å². The third-order valence-corrected chi connectivity index (χ3v) is 1.71. The van der Waals surface area contributed by atoms with Crippen LogP contribution in [0, 0.1) is 0 Å². The fraction of sp³-hybridized carbons (Fsp3) is 1.00. The Morgan fingerprint density at radius 2 is 1.83 bits per heavy atom. The SMILES string of the molecule is COCCCCCNCCCO. The zero-order valence-electron chi connectivity index (χ0n) is 8.01. The quantitative estimate of drug-likeness (QED) is 0.509. The van der Waals surface area contributed by atoms with Crippen LogP contribution in [0.15, 0.2) is 0 Å². The van der Waals surface area contributed by atoms with E-state index in [1.807, 2.05) is 0 Å². The number of unbranched alkanes of at least 4 members (excludes halogenated alkanes) is 2. The number of methoxy groups -OCH3 is 1. The number of rotatable bonds is 9. The number of nitrogens with one attached hydrogen (secondary N) is 1. The number of hydrogen-bond donors (Lipinski definition) is 2. The lowest BCUT2D eigenvalue weighted by Crippen LogP contribution is -2.17. The van der Waals surface area contributed by atoms with Gasteiger partial charge in [0, 0.05) is 20.3 Å². The Morgan fingerprint density at radius 1 is 1.08 bits per heavy atom. The van der Waals surface area contributed by atoms with Crippen LogP contribution in [0.3, 0.4) is 0 Å². The molecule has 0 atom stereocenters. The molecule has 3 heteroatoms. The summed E-state index contributed by atoms with van der Waals surface area (Å²) in [7, 11) is 1.74. The summed E-state index contributed by atoms with van der Waals surface area (Å²) in [5.41, 5.74) is 0. The van der Waals surface area contributed by atoms with Crippen molar-refractivity contribution in [3.8, 4) is 0 Å². The molecule has 0 radical (unpaired) electrons. The number of ether oxygens (including phenoxy) is 1. The summed E-state index contributed by atoms with van der Waals surface area (Å²) in [6.45, 7) is 3.15. The van der Waals surface area contributed by atoms with E-state index >= 15 is 0 Å². The topological polar surface area (TPSA) is 41.5 Å². The van der Waals surface area contributed by atoms with E-state index in [9.17, 15) is 0 Å². The summed E-state index contributed by atoms with van der Waals surface area (Å²) < 4.78 is 4.93. The lowest BCUT2D eigenvalue weighted by molar-refractivity contribution is 0.192. The minimum absolute atomic E-state index is 0.288. The van der Waals surface area contributed by atoms with Crippen LogP contribution in [0.5, 0.6) is 0 Å². The monoisotopic (exact) mass is 175 g/mol. The molecule has 0 fully saturated rings. The van der Waals surface area contributed by atoms with E-state index in [2.05, 4.69) is 5.32 Å². The van der Waals surface area contributed by atoms with Gasteiger partial charge in [0.05, 0.1) is 0 Å². The molecule has 3 nitrogen and oxygen atoms in total. The maximum Gasteiger partial charge on any atom is 0.0462 e. The number of aliphatic hydroxyl groups is 1. The summed E-state index contributed by atoms with van der Waals surface area (Å²) >= 11 is 0. The number of hydrogen-bond acceptors (Lipinski definition) is 3.